The molecule has 6 atom stereocenters. The number of aromatic hydroxyl groups is 1. The average molecular weight is 536 g/mol. The van der Waals surface area contributed by atoms with Crippen LogP contribution in [0.1, 0.15) is 27.9 Å². The maximum absolute atomic E-state index is 13.9. The number of nitrogens with zero attached hydrogens (tertiary/aromatic N) is 2. The number of benzene rings is 1. The molecule has 3 aliphatic carbocycles. The van der Waals surface area contributed by atoms with E-state index >= 15 is 0 Å². The Hall–Kier alpha value is -3.80. The number of phenols is 1. The van der Waals surface area contributed by atoms with Gasteiger partial charge in [-0.1, -0.05) is 6.07 Å². The van der Waals surface area contributed by atoms with Crippen LogP contribution in [0.25, 0.3) is 11.1 Å². The van der Waals surface area contributed by atoms with Crippen LogP contribution in [0.5, 0.6) is 5.75 Å². The van der Waals surface area contributed by atoms with Crippen LogP contribution >= 0.6 is 0 Å². The summed E-state index contributed by atoms with van der Waals surface area (Å²) in [5.41, 5.74) is 5.18. The quantitative estimate of drug-likeness (QED) is 0.444. The van der Waals surface area contributed by atoms with Gasteiger partial charge >= 0.3 is 0 Å². The number of fused-ring (bicyclic) bond motifs is 3. The maximum atomic E-state index is 13.9. The molecule has 0 spiro atoms. The van der Waals surface area contributed by atoms with Gasteiger partial charge in [-0.2, -0.15) is 0 Å². The highest BCUT2D eigenvalue weighted by atomic mass is 16.5. The predicted octanol–water partition coefficient (Wildman–Crippen LogP) is 0.0754. The second-order valence-electron chi connectivity index (χ2n) is 10.8. The van der Waals surface area contributed by atoms with Crippen molar-refractivity contribution in [2.24, 2.45) is 29.4 Å². The van der Waals surface area contributed by atoms with Gasteiger partial charge in [0.2, 0.25) is 5.91 Å². The summed E-state index contributed by atoms with van der Waals surface area (Å²) in [4.78, 5) is 72.1. The largest absolute Gasteiger partial charge is 0.507 e. The molecule has 11 heteroatoms. The van der Waals surface area contributed by atoms with Crippen molar-refractivity contribution in [3.63, 3.8) is 0 Å². The molecule has 1 amide bonds. The van der Waals surface area contributed by atoms with Crippen LogP contribution in [-0.2, 0) is 36.9 Å². The Morgan fingerprint density at radius 3 is 2.54 bits per heavy atom. The number of nitrogens with two attached hydrogens (primary N) is 1. The van der Waals surface area contributed by atoms with E-state index < -0.39 is 64.4 Å². The summed E-state index contributed by atoms with van der Waals surface area (Å²) in [6, 6.07) is 3.74. The second-order valence-corrected chi connectivity index (χ2v) is 10.8. The number of methoxy groups -OCH3 is 1. The zero-order valence-corrected chi connectivity index (χ0v) is 21.7. The highest BCUT2D eigenvalue weighted by Crippen LogP contribution is 2.51. The van der Waals surface area contributed by atoms with Crippen molar-refractivity contribution in [3.8, 4) is 16.9 Å². The Labute approximate surface area is 224 Å². The normalized spacial score (nSPS) is 30.1. The summed E-state index contributed by atoms with van der Waals surface area (Å²) in [5, 5.41) is 22.4. The van der Waals surface area contributed by atoms with E-state index in [1.807, 2.05) is 6.07 Å². The summed E-state index contributed by atoms with van der Waals surface area (Å²) in [6.07, 6.45) is 3.43. The number of hydrogen-bond donors (Lipinski definition) is 3. The smallest absolute Gasteiger partial charge is 0.235 e. The lowest BCUT2D eigenvalue weighted by Gasteiger charge is -2.52. The molecule has 4 N–H and O–H groups in total. The maximum Gasteiger partial charge on any atom is 0.235 e. The molecule has 2 fully saturated rings. The molecule has 3 aliphatic rings. The van der Waals surface area contributed by atoms with Gasteiger partial charge in [0.15, 0.2) is 34.7 Å². The number of likely N-dealkylation sites (N-methyl/N-ethyl adjacent to an activating group) is 1. The lowest BCUT2D eigenvalue weighted by molar-refractivity contribution is -0.181. The van der Waals surface area contributed by atoms with Gasteiger partial charge in [0, 0.05) is 31.0 Å². The zero-order chi connectivity index (χ0) is 28.4. The van der Waals surface area contributed by atoms with Gasteiger partial charge in [-0.15, -0.1) is 0 Å². The van der Waals surface area contributed by atoms with E-state index in [1.165, 1.54) is 11.0 Å². The van der Waals surface area contributed by atoms with Gasteiger partial charge < -0.3 is 20.7 Å². The van der Waals surface area contributed by atoms with Crippen molar-refractivity contribution in [1.82, 2.24) is 9.88 Å². The van der Waals surface area contributed by atoms with Crippen LogP contribution in [0, 0.1) is 23.7 Å². The number of carbonyl (C=O) groups is 5. The third-order valence-corrected chi connectivity index (χ3v) is 8.36. The fourth-order valence-electron chi connectivity index (χ4n) is 6.76. The number of ether oxygens (including phenoxy) is 1. The Kier molecular flexibility index (Phi) is 6.48. The van der Waals surface area contributed by atoms with Crippen molar-refractivity contribution in [3.05, 3.63) is 47.3 Å². The van der Waals surface area contributed by atoms with Crippen molar-refractivity contribution in [2.75, 3.05) is 21.2 Å². The Morgan fingerprint density at radius 1 is 1.18 bits per heavy atom. The number of amides is 1. The van der Waals surface area contributed by atoms with Gasteiger partial charge in [0.05, 0.1) is 24.1 Å². The lowest BCUT2D eigenvalue weighted by atomic mass is 9.52. The number of phenolic OH excluding ortho intramolecular Hbond substituents is 1. The van der Waals surface area contributed by atoms with Crippen LogP contribution in [0.4, 0.5) is 0 Å². The fourth-order valence-corrected chi connectivity index (χ4v) is 6.76. The molecule has 1 aromatic carbocycles. The number of aromatic nitrogens is 1. The first-order valence-corrected chi connectivity index (χ1v) is 12.6. The molecule has 0 saturated heterocycles. The van der Waals surface area contributed by atoms with E-state index in [-0.39, 0.29) is 24.2 Å². The number of pyridine rings is 1. The SMILES string of the molecule is COCc1cncc(-c2ccc(O)c3c2C[C@H]2C[C@H]4[C@H](N(C)C)C(=O)C(C(N)=O)C(=O)[C@@]4(O)C(=O)C2C3=O)c1. The first-order valence-electron chi connectivity index (χ1n) is 12.6. The number of ketones is 4. The second kappa shape index (κ2) is 9.44. The molecule has 2 saturated carbocycles. The minimum absolute atomic E-state index is 0.0129. The van der Waals surface area contributed by atoms with Gasteiger partial charge in [-0.05, 0) is 61.7 Å². The number of rotatable bonds is 5. The van der Waals surface area contributed by atoms with E-state index in [1.54, 1.807) is 39.7 Å². The molecule has 2 unspecified atom stereocenters. The van der Waals surface area contributed by atoms with E-state index in [0.717, 1.165) is 5.56 Å². The van der Waals surface area contributed by atoms with Crippen LogP contribution in [0.15, 0.2) is 30.6 Å². The first-order chi connectivity index (χ1) is 18.4. The van der Waals surface area contributed by atoms with Gasteiger partial charge in [0.1, 0.15) is 5.75 Å². The van der Waals surface area contributed by atoms with E-state index in [2.05, 4.69) is 4.98 Å². The van der Waals surface area contributed by atoms with Gasteiger partial charge in [0.25, 0.3) is 0 Å². The third kappa shape index (κ3) is 3.83. The molecule has 0 aliphatic heterocycles. The summed E-state index contributed by atoms with van der Waals surface area (Å²) in [6.45, 7) is 0.319. The summed E-state index contributed by atoms with van der Waals surface area (Å²) in [5.74, 6) is -10.7. The number of primary amides is 1. The van der Waals surface area contributed by atoms with Crippen molar-refractivity contribution >= 4 is 29.0 Å². The fraction of sp³-hybridized carbons (Fsp3) is 0.429. The monoisotopic (exact) mass is 535 g/mol. The van der Waals surface area contributed by atoms with E-state index in [9.17, 15) is 34.2 Å². The molecule has 5 rings (SSSR count). The predicted molar refractivity (Wildman–Crippen MR) is 135 cm³/mol. The number of aliphatic hydroxyl groups is 1. The Morgan fingerprint density at radius 2 is 1.90 bits per heavy atom. The summed E-state index contributed by atoms with van der Waals surface area (Å²) >= 11 is 0. The number of Topliss-reactive ketones (excluding diaryl/α,β-unsaturated/α-hetero) is 4. The van der Waals surface area contributed by atoms with Crippen LogP contribution in [0.2, 0.25) is 0 Å². The molecule has 11 nitrogen and oxygen atoms in total. The minimum Gasteiger partial charge on any atom is -0.507 e. The molecule has 204 valence electrons. The van der Waals surface area contributed by atoms with E-state index in [4.69, 9.17) is 10.5 Å². The van der Waals surface area contributed by atoms with Crippen molar-refractivity contribution < 1.29 is 38.9 Å². The molecule has 1 aromatic heterocycles. The van der Waals surface area contributed by atoms with Gasteiger partial charge in [-0.3, -0.25) is 33.9 Å². The first kappa shape index (κ1) is 26.8. The lowest BCUT2D eigenvalue weighted by Crippen LogP contribution is -2.74. The number of carbonyl (C=O) groups excluding carboxylic acids is 5. The molecule has 0 radical (unpaired) electrons. The van der Waals surface area contributed by atoms with Crippen molar-refractivity contribution in [2.45, 2.75) is 31.1 Å². The van der Waals surface area contributed by atoms with Crippen molar-refractivity contribution in [1.29, 1.82) is 0 Å². The number of hydrogen-bond acceptors (Lipinski definition) is 10. The molecule has 0 bridgehead atoms. The van der Waals surface area contributed by atoms with Crippen LogP contribution in [0.3, 0.4) is 0 Å². The average Bonchev–Trinajstić information content (AvgIpc) is 2.86. The topological polar surface area (TPSA) is 177 Å². The Balaban J connectivity index is 1.64. The third-order valence-electron chi connectivity index (χ3n) is 8.36. The van der Waals surface area contributed by atoms with E-state index in [0.29, 0.717) is 23.3 Å². The Bertz CT molecular complexity index is 1440. The zero-order valence-electron chi connectivity index (χ0n) is 21.7. The molecule has 2 aromatic rings. The minimum atomic E-state index is -2.75. The van der Waals surface area contributed by atoms with Gasteiger partial charge in [-0.25, -0.2) is 0 Å². The van der Waals surface area contributed by atoms with Crippen LogP contribution in [-0.4, -0.2) is 82.0 Å². The highest BCUT2D eigenvalue weighted by Gasteiger charge is 2.69. The molecular formula is C28H29N3O8. The standard InChI is InChI=1S/C28H29N3O8/c1-31(2)22-17-8-13-7-16-15(14-6-12(11-39-3)9-30-10-14)4-5-18(32)20(16)23(33)19(13)25(35)28(17,38)26(36)21(24(22)34)27(29)37/h4-6,9-10,13,17,19,21-22,32,38H,7-8,11H2,1-3H3,(H2,29,37)/t13-,17-,19?,21?,22-,28-/m0/s1. The highest BCUT2D eigenvalue weighted by molar-refractivity contribution is 6.32. The molecular weight excluding hydrogens is 506 g/mol. The summed E-state index contributed by atoms with van der Waals surface area (Å²) < 4.78 is 5.20. The summed E-state index contributed by atoms with van der Waals surface area (Å²) in [7, 11) is 4.65. The molecule has 1 heterocycles. The van der Waals surface area contributed by atoms with Crippen LogP contribution < -0.4 is 5.73 Å². The molecule has 39 heavy (non-hydrogen) atoms.